The quantitative estimate of drug-likeness (QED) is 0.832. The fourth-order valence-corrected chi connectivity index (χ4v) is 3.68. The summed E-state index contributed by atoms with van der Waals surface area (Å²) in [4.78, 5) is 0. The number of hydrogen-bond acceptors (Lipinski definition) is 2. The lowest BCUT2D eigenvalue weighted by Gasteiger charge is -2.19. The summed E-state index contributed by atoms with van der Waals surface area (Å²) in [5.74, 6) is 2.09. The highest BCUT2D eigenvalue weighted by molar-refractivity contribution is 9.10. The van der Waals surface area contributed by atoms with Crippen molar-refractivity contribution < 1.29 is 4.39 Å². The Morgan fingerprint density at radius 2 is 2.31 bits per heavy atom. The number of nitrogens with two attached hydrogens (primary N) is 1. The van der Waals surface area contributed by atoms with Gasteiger partial charge in [-0.15, -0.1) is 0 Å². The molecular weight excluding hydrogens is 313 g/mol. The molecule has 5 heteroatoms. The van der Waals surface area contributed by atoms with E-state index in [0.717, 1.165) is 17.9 Å². The van der Waals surface area contributed by atoms with Gasteiger partial charge in [-0.2, -0.15) is 11.8 Å². The van der Waals surface area contributed by atoms with Gasteiger partial charge in [-0.1, -0.05) is 17.7 Å². The first kappa shape index (κ1) is 12.7. The second-order valence-corrected chi connectivity index (χ2v) is 6.30. The summed E-state index contributed by atoms with van der Waals surface area (Å²) in [5, 5.41) is 0.124. The first-order chi connectivity index (χ1) is 7.61. The molecule has 0 spiro atoms. The Hall–Kier alpha value is 0.230. The minimum absolute atomic E-state index is 0.124. The van der Waals surface area contributed by atoms with E-state index in [1.807, 2.05) is 11.8 Å². The summed E-state index contributed by atoms with van der Waals surface area (Å²) in [5.41, 5.74) is 6.62. The fraction of sp³-hybridized carbons (Fsp3) is 0.455. The molecule has 1 aliphatic heterocycles. The van der Waals surface area contributed by atoms with Crippen molar-refractivity contribution in [3.05, 3.63) is 33.0 Å². The Labute approximate surface area is 112 Å². The molecule has 0 radical (unpaired) electrons. The molecule has 1 fully saturated rings. The molecule has 88 valence electrons. The third kappa shape index (κ3) is 2.40. The Balaban J connectivity index is 2.29. The number of benzene rings is 1. The summed E-state index contributed by atoms with van der Waals surface area (Å²) in [7, 11) is 0. The van der Waals surface area contributed by atoms with Crippen molar-refractivity contribution in [3.8, 4) is 0 Å². The van der Waals surface area contributed by atoms with Gasteiger partial charge in [-0.25, -0.2) is 4.39 Å². The molecule has 1 aliphatic rings. The molecule has 1 aromatic carbocycles. The molecule has 1 saturated heterocycles. The smallest absolute Gasteiger partial charge is 0.147 e. The Bertz CT molecular complexity index is 396. The molecule has 1 heterocycles. The molecule has 0 bridgehead atoms. The van der Waals surface area contributed by atoms with Crippen molar-refractivity contribution >= 4 is 39.3 Å². The lowest BCUT2D eigenvalue weighted by atomic mass is 9.93. The molecule has 0 aromatic heterocycles. The van der Waals surface area contributed by atoms with E-state index in [1.54, 1.807) is 12.1 Å². The largest absolute Gasteiger partial charge is 0.324 e. The summed E-state index contributed by atoms with van der Waals surface area (Å²) in [6.07, 6.45) is 1.05. The third-order valence-electron chi connectivity index (χ3n) is 2.90. The van der Waals surface area contributed by atoms with E-state index in [4.69, 9.17) is 17.3 Å². The molecule has 1 aromatic rings. The first-order valence-electron chi connectivity index (χ1n) is 5.08. The van der Waals surface area contributed by atoms with Gasteiger partial charge in [-0.3, -0.25) is 0 Å². The van der Waals surface area contributed by atoms with Crippen LogP contribution in [0.5, 0.6) is 0 Å². The SMILES string of the molecule is NC(c1ccc(Br)c(Cl)c1F)C1CCSC1. The zero-order valence-corrected chi connectivity index (χ0v) is 11.7. The van der Waals surface area contributed by atoms with Crippen molar-refractivity contribution in [1.82, 2.24) is 0 Å². The van der Waals surface area contributed by atoms with Crippen molar-refractivity contribution in [1.29, 1.82) is 0 Å². The summed E-state index contributed by atoms with van der Waals surface area (Å²) in [6, 6.07) is 3.22. The molecule has 2 atom stereocenters. The summed E-state index contributed by atoms with van der Waals surface area (Å²) in [6.45, 7) is 0. The topological polar surface area (TPSA) is 26.0 Å². The van der Waals surface area contributed by atoms with Crippen LogP contribution >= 0.6 is 39.3 Å². The average molecular weight is 325 g/mol. The average Bonchev–Trinajstić information content (AvgIpc) is 2.79. The van der Waals surface area contributed by atoms with Crippen molar-refractivity contribution in [2.75, 3.05) is 11.5 Å². The van der Waals surface area contributed by atoms with Gasteiger partial charge in [-0.05, 0) is 45.8 Å². The monoisotopic (exact) mass is 323 g/mol. The highest BCUT2D eigenvalue weighted by atomic mass is 79.9. The van der Waals surface area contributed by atoms with E-state index in [2.05, 4.69) is 15.9 Å². The van der Waals surface area contributed by atoms with E-state index in [1.165, 1.54) is 0 Å². The zero-order chi connectivity index (χ0) is 11.7. The number of rotatable bonds is 2. The Kier molecular flexibility index (Phi) is 4.16. The lowest BCUT2D eigenvalue weighted by molar-refractivity contribution is 0.460. The maximum atomic E-state index is 13.9. The van der Waals surface area contributed by atoms with Crippen LogP contribution in [-0.4, -0.2) is 11.5 Å². The minimum Gasteiger partial charge on any atom is -0.324 e. The lowest BCUT2D eigenvalue weighted by Crippen LogP contribution is -2.22. The second-order valence-electron chi connectivity index (χ2n) is 3.91. The van der Waals surface area contributed by atoms with Gasteiger partial charge in [0, 0.05) is 16.1 Å². The predicted octanol–water partition coefficient (Wildman–Crippen LogP) is 3.99. The van der Waals surface area contributed by atoms with Crippen LogP contribution in [0.25, 0.3) is 0 Å². The predicted molar refractivity (Wildman–Crippen MR) is 71.5 cm³/mol. The summed E-state index contributed by atoms with van der Waals surface area (Å²) >= 11 is 10.9. The van der Waals surface area contributed by atoms with Gasteiger partial charge < -0.3 is 5.73 Å². The minimum atomic E-state index is -0.388. The van der Waals surface area contributed by atoms with E-state index in [-0.39, 0.29) is 16.9 Å². The second kappa shape index (κ2) is 5.25. The highest BCUT2D eigenvalue weighted by Crippen LogP contribution is 2.36. The third-order valence-corrected chi connectivity index (χ3v) is 5.34. The van der Waals surface area contributed by atoms with Crippen LogP contribution in [0, 0.1) is 11.7 Å². The molecule has 16 heavy (non-hydrogen) atoms. The van der Waals surface area contributed by atoms with Crippen LogP contribution in [-0.2, 0) is 0 Å². The van der Waals surface area contributed by atoms with E-state index >= 15 is 0 Å². The van der Waals surface area contributed by atoms with Crippen LogP contribution in [0.3, 0.4) is 0 Å². The van der Waals surface area contributed by atoms with E-state index in [9.17, 15) is 4.39 Å². The van der Waals surface area contributed by atoms with Crippen LogP contribution in [0.4, 0.5) is 4.39 Å². The Morgan fingerprint density at radius 1 is 1.56 bits per heavy atom. The standard InChI is InChI=1S/C11H12BrClFNS/c12-8-2-1-7(10(14)9(8)13)11(15)6-3-4-16-5-6/h1-2,6,11H,3-5,15H2. The van der Waals surface area contributed by atoms with Gasteiger partial charge in [0.2, 0.25) is 0 Å². The molecule has 0 aliphatic carbocycles. The van der Waals surface area contributed by atoms with Gasteiger partial charge in [0.15, 0.2) is 0 Å². The van der Waals surface area contributed by atoms with Crippen molar-refractivity contribution in [2.45, 2.75) is 12.5 Å². The maximum Gasteiger partial charge on any atom is 0.147 e. The first-order valence-corrected chi connectivity index (χ1v) is 7.40. The van der Waals surface area contributed by atoms with Crippen LogP contribution in [0.1, 0.15) is 18.0 Å². The molecular formula is C11H12BrClFNS. The normalized spacial score (nSPS) is 22.4. The van der Waals surface area contributed by atoms with Crippen molar-refractivity contribution in [2.24, 2.45) is 11.7 Å². The fourth-order valence-electron chi connectivity index (χ4n) is 1.89. The molecule has 2 unspecified atom stereocenters. The highest BCUT2D eigenvalue weighted by Gasteiger charge is 2.26. The molecule has 0 amide bonds. The van der Waals surface area contributed by atoms with Crippen molar-refractivity contribution in [3.63, 3.8) is 0 Å². The summed E-state index contributed by atoms with van der Waals surface area (Å²) < 4.78 is 14.5. The molecule has 0 saturated carbocycles. The van der Waals surface area contributed by atoms with E-state index < -0.39 is 0 Å². The van der Waals surface area contributed by atoms with Gasteiger partial charge in [0.1, 0.15) is 5.82 Å². The zero-order valence-electron chi connectivity index (χ0n) is 8.55. The molecule has 1 nitrogen and oxygen atoms in total. The number of hydrogen-bond donors (Lipinski definition) is 1. The maximum absolute atomic E-state index is 13.9. The van der Waals surface area contributed by atoms with Gasteiger partial charge in [0.25, 0.3) is 0 Å². The van der Waals surface area contributed by atoms with E-state index in [0.29, 0.717) is 16.0 Å². The molecule has 2 rings (SSSR count). The van der Waals surface area contributed by atoms with Crippen LogP contribution in [0.2, 0.25) is 5.02 Å². The van der Waals surface area contributed by atoms with Crippen LogP contribution in [0.15, 0.2) is 16.6 Å². The molecule has 2 N–H and O–H groups in total. The van der Waals surface area contributed by atoms with Gasteiger partial charge >= 0.3 is 0 Å². The Morgan fingerprint density at radius 3 is 2.94 bits per heavy atom. The van der Waals surface area contributed by atoms with Gasteiger partial charge in [0.05, 0.1) is 5.02 Å². The van der Waals surface area contributed by atoms with Crippen LogP contribution < -0.4 is 5.73 Å². The number of thioether (sulfide) groups is 1. The number of halogens is 3.